The average molecular weight is 558 g/mol. The second kappa shape index (κ2) is 9.87. The number of likely N-dealkylation sites (N-methyl/N-ethyl adjacent to an activating group) is 1. The van der Waals surface area contributed by atoms with Gasteiger partial charge in [0.2, 0.25) is 5.88 Å². The maximum Gasteiger partial charge on any atom is 0.262 e. The van der Waals surface area contributed by atoms with Crippen molar-refractivity contribution in [1.82, 2.24) is 14.9 Å². The number of Topliss-reactive ketones (excluding diaryl/α,β-unsaturated/α-hetero) is 1. The molecule has 0 bridgehead atoms. The van der Waals surface area contributed by atoms with Crippen LogP contribution in [0.15, 0.2) is 71.9 Å². The quantitative estimate of drug-likeness (QED) is 0.307. The van der Waals surface area contributed by atoms with Crippen molar-refractivity contribution >= 4 is 38.1 Å². The summed E-state index contributed by atoms with van der Waals surface area (Å²) in [6.07, 6.45) is 4.83. The Morgan fingerprint density at radius 2 is 1.82 bits per heavy atom. The Morgan fingerprint density at radius 3 is 2.55 bits per heavy atom. The lowest BCUT2D eigenvalue weighted by Gasteiger charge is -2.16. The Bertz CT molecular complexity index is 1730. The molecule has 6 rings (SSSR count). The van der Waals surface area contributed by atoms with Gasteiger partial charge in [0.25, 0.3) is 10.0 Å². The Kier molecular flexibility index (Phi) is 6.47. The molecule has 206 valence electrons. The molecule has 40 heavy (non-hydrogen) atoms. The number of ketones is 1. The van der Waals surface area contributed by atoms with Gasteiger partial charge in [-0.3, -0.25) is 14.5 Å². The van der Waals surface area contributed by atoms with Crippen LogP contribution >= 0.6 is 0 Å². The number of hydrogen-bond donors (Lipinski definition) is 1. The molecule has 2 aromatic heterocycles. The van der Waals surface area contributed by atoms with Crippen molar-refractivity contribution in [1.29, 1.82) is 0 Å². The van der Waals surface area contributed by atoms with Gasteiger partial charge >= 0.3 is 0 Å². The third-order valence-electron chi connectivity index (χ3n) is 7.59. The van der Waals surface area contributed by atoms with Crippen LogP contribution in [0.5, 0.6) is 5.88 Å². The predicted molar refractivity (Wildman–Crippen MR) is 155 cm³/mol. The number of sulfonamides is 1. The van der Waals surface area contributed by atoms with Crippen LogP contribution in [0.2, 0.25) is 0 Å². The first-order valence-corrected chi connectivity index (χ1v) is 14.7. The van der Waals surface area contributed by atoms with Crippen molar-refractivity contribution in [2.45, 2.75) is 23.2 Å². The van der Waals surface area contributed by atoms with Crippen LogP contribution < -0.4 is 14.4 Å². The van der Waals surface area contributed by atoms with Crippen LogP contribution in [-0.4, -0.2) is 69.9 Å². The smallest absolute Gasteiger partial charge is 0.262 e. The number of hydrogen-bond acceptors (Lipinski definition) is 8. The molecule has 1 aliphatic carbocycles. The van der Waals surface area contributed by atoms with Gasteiger partial charge in [-0.15, -0.1) is 0 Å². The van der Waals surface area contributed by atoms with Gasteiger partial charge in [-0.2, -0.15) is 0 Å². The van der Waals surface area contributed by atoms with E-state index in [1.165, 1.54) is 0 Å². The molecule has 0 radical (unpaired) electrons. The van der Waals surface area contributed by atoms with E-state index in [1.54, 1.807) is 42.6 Å². The average Bonchev–Trinajstić information content (AvgIpc) is 3.48. The van der Waals surface area contributed by atoms with E-state index in [0.29, 0.717) is 25.1 Å². The molecule has 0 amide bonds. The fourth-order valence-corrected chi connectivity index (χ4v) is 6.55. The predicted octanol–water partition coefficient (Wildman–Crippen LogP) is 4.09. The lowest BCUT2D eigenvalue weighted by Crippen LogP contribution is -2.20. The Balaban J connectivity index is 1.40. The van der Waals surface area contributed by atoms with E-state index in [9.17, 15) is 13.2 Å². The zero-order valence-corrected chi connectivity index (χ0v) is 23.5. The van der Waals surface area contributed by atoms with Crippen LogP contribution in [0.3, 0.4) is 0 Å². The zero-order valence-electron chi connectivity index (χ0n) is 22.7. The molecule has 1 unspecified atom stereocenters. The normalized spacial score (nSPS) is 18.0. The van der Waals surface area contributed by atoms with Crippen LogP contribution in [0.1, 0.15) is 18.4 Å². The number of fused-ring (bicyclic) bond motifs is 4. The third-order valence-corrected chi connectivity index (χ3v) is 8.97. The van der Waals surface area contributed by atoms with Gasteiger partial charge in [0, 0.05) is 49.3 Å². The summed E-state index contributed by atoms with van der Waals surface area (Å²) in [6.45, 7) is 1.89. The zero-order chi connectivity index (χ0) is 28.1. The van der Waals surface area contributed by atoms with Gasteiger partial charge in [0.15, 0.2) is 0 Å². The molecule has 1 fully saturated rings. The molecule has 1 atom stereocenters. The molecule has 4 aromatic rings. The first kappa shape index (κ1) is 26.2. The highest BCUT2D eigenvalue weighted by atomic mass is 32.2. The van der Waals surface area contributed by atoms with E-state index in [4.69, 9.17) is 4.74 Å². The number of ether oxygens (including phenoxy) is 1. The molecule has 1 spiro atoms. The number of carbonyl (C=O) groups excluding carboxylic acids is 1. The Morgan fingerprint density at radius 1 is 1.05 bits per heavy atom. The standard InChI is InChI=1S/C30H31N5O4S/c1-34(2)12-7-13-39-29-25(33-40(37,38)22-8-5-4-6-9-22)15-21(17-32-29)20-10-11-24-23(14-20)28-26(18-31-24)35(3)19-30(28)16-27(30)36/h4-6,8-11,14-15,17-18,33H,7,12-13,16,19H2,1-3H3. The maximum atomic E-state index is 13.2. The number of carbonyl (C=O) groups is 1. The highest BCUT2D eigenvalue weighted by Crippen LogP contribution is 2.55. The van der Waals surface area contributed by atoms with Gasteiger partial charge in [0.05, 0.1) is 34.3 Å². The minimum atomic E-state index is -3.87. The molecule has 3 heterocycles. The maximum absolute atomic E-state index is 13.2. The molecular formula is C30H31N5O4S. The van der Waals surface area contributed by atoms with Crippen molar-refractivity contribution in [2.75, 3.05) is 50.5 Å². The minimum absolute atomic E-state index is 0.148. The van der Waals surface area contributed by atoms with E-state index < -0.39 is 15.4 Å². The molecule has 2 aromatic carbocycles. The molecule has 10 heteroatoms. The largest absolute Gasteiger partial charge is 0.476 e. The second-order valence-corrected chi connectivity index (χ2v) is 12.5. The summed E-state index contributed by atoms with van der Waals surface area (Å²) in [7, 11) is 2.09. The number of rotatable bonds is 9. The summed E-state index contributed by atoms with van der Waals surface area (Å²) in [5.74, 6) is 0.473. The van der Waals surface area contributed by atoms with E-state index in [0.717, 1.165) is 40.7 Å². The monoisotopic (exact) mass is 557 g/mol. The second-order valence-electron chi connectivity index (χ2n) is 10.8. The number of pyridine rings is 2. The SMILES string of the molecule is CN(C)CCCOc1ncc(-c2ccc3ncc4c(c3c2)C2(CC2=O)CN4C)cc1NS(=O)(=O)c1ccccc1. The van der Waals surface area contributed by atoms with E-state index in [-0.39, 0.29) is 22.2 Å². The lowest BCUT2D eigenvalue weighted by atomic mass is 9.93. The van der Waals surface area contributed by atoms with Crippen LogP contribution in [0.4, 0.5) is 11.4 Å². The number of benzene rings is 2. The topological polar surface area (TPSA) is 105 Å². The van der Waals surface area contributed by atoms with Crippen molar-refractivity contribution < 1.29 is 17.9 Å². The molecular weight excluding hydrogens is 526 g/mol. The highest BCUT2D eigenvalue weighted by Gasteiger charge is 2.60. The van der Waals surface area contributed by atoms with Crippen LogP contribution in [-0.2, 0) is 20.2 Å². The fourth-order valence-electron chi connectivity index (χ4n) is 5.48. The Hall–Kier alpha value is -4.02. The summed E-state index contributed by atoms with van der Waals surface area (Å²) >= 11 is 0. The number of nitrogens with zero attached hydrogens (tertiary/aromatic N) is 4. The van der Waals surface area contributed by atoms with Gasteiger partial charge in [-0.05, 0) is 56.4 Å². The van der Waals surface area contributed by atoms with Gasteiger partial charge in [0.1, 0.15) is 11.5 Å². The van der Waals surface area contributed by atoms with Crippen molar-refractivity contribution in [3.05, 3.63) is 72.6 Å². The summed E-state index contributed by atoms with van der Waals surface area (Å²) in [6, 6.07) is 15.9. The molecule has 1 aliphatic heterocycles. The molecule has 0 saturated heterocycles. The van der Waals surface area contributed by atoms with Crippen LogP contribution in [0, 0.1) is 0 Å². The van der Waals surface area contributed by atoms with Crippen molar-refractivity contribution in [3.8, 4) is 17.0 Å². The van der Waals surface area contributed by atoms with Crippen LogP contribution in [0.25, 0.3) is 22.0 Å². The Labute approximate surface area is 233 Å². The van der Waals surface area contributed by atoms with Gasteiger partial charge in [-0.25, -0.2) is 13.4 Å². The lowest BCUT2D eigenvalue weighted by molar-refractivity contribution is -0.111. The van der Waals surface area contributed by atoms with E-state index >= 15 is 0 Å². The highest BCUT2D eigenvalue weighted by molar-refractivity contribution is 7.92. The molecule has 1 saturated carbocycles. The van der Waals surface area contributed by atoms with E-state index in [1.807, 2.05) is 45.5 Å². The molecule has 2 aliphatic rings. The van der Waals surface area contributed by atoms with Gasteiger partial charge in [-0.1, -0.05) is 24.3 Å². The van der Waals surface area contributed by atoms with E-state index in [2.05, 4.69) is 24.5 Å². The van der Waals surface area contributed by atoms with Crippen molar-refractivity contribution in [3.63, 3.8) is 0 Å². The first-order valence-electron chi connectivity index (χ1n) is 13.2. The fraction of sp³-hybridized carbons (Fsp3) is 0.300. The summed E-state index contributed by atoms with van der Waals surface area (Å²) in [5.41, 5.74) is 4.19. The van der Waals surface area contributed by atoms with Gasteiger partial charge < -0.3 is 14.5 Å². The molecule has 1 N–H and O–H groups in total. The van der Waals surface area contributed by atoms with Crippen molar-refractivity contribution in [2.24, 2.45) is 0 Å². The first-order chi connectivity index (χ1) is 19.2. The third kappa shape index (κ3) is 4.67. The summed E-state index contributed by atoms with van der Waals surface area (Å²) in [5, 5.41) is 0.931. The number of aromatic nitrogens is 2. The number of anilines is 2. The summed E-state index contributed by atoms with van der Waals surface area (Å²) in [4.78, 5) is 26.0. The molecule has 9 nitrogen and oxygen atoms in total. The minimum Gasteiger partial charge on any atom is -0.476 e. The summed E-state index contributed by atoms with van der Waals surface area (Å²) < 4.78 is 35.1. The number of nitrogens with one attached hydrogen (secondary N) is 1.